The van der Waals surface area contributed by atoms with Crippen LogP contribution in [-0.4, -0.2) is 97.4 Å². The van der Waals surface area contributed by atoms with E-state index in [9.17, 15) is 0 Å². The Hall–Kier alpha value is -0.260. The molecule has 0 saturated carbocycles. The van der Waals surface area contributed by atoms with Crippen LogP contribution < -0.4 is 0 Å². The molecule has 0 aromatic rings. The van der Waals surface area contributed by atoms with Gasteiger partial charge < -0.3 is 37.3 Å². The molecule has 13 heteroatoms. The van der Waals surface area contributed by atoms with Crippen molar-refractivity contribution in [3.05, 3.63) is 22.8 Å². The molecule has 2 saturated heterocycles. The Bertz CT molecular complexity index is 958. The summed E-state index contributed by atoms with van der Waals surface area (Å²) in [6.07, 6.45) is 2.20. The van der Waals surface area contributed by atoms with Crippen LogP contribution in [0, 0.1) is 13.1 Å². The maximum atomic E-state index is 7.83. The van der Waals surface area contributed by atoms with Crippen molar-refractivity contribution in [2.24, 2.45) is 0 Å². The van der Waals surface area contributed by atoms with Crippen LogP contribution in [0.25, 0.3) is 9.69 Å². The molecule has 0 aromatic heterocycles. The summed E-state index contributed by atoms with van der Waals surface area (Å²) >= 11 is 5.84. The summed E-state index contributed by atoms with van der Waals surface area (Å²) < 4.78 is 55.5. The van der Waals surface area contributed by atoms with E-state index in [4.69, 9.17) is 55.3 Å². The van der Waals surface area contributed by atoms with Crippen molar-refractivity contribution in [1.29, 1.82) is 0 Å². The molecule has 0 radical (unpaired) electrons. The molecule has 2 fully saturated rings. The summed E-state index contributed by atoms with van der Waals surface area (Å²) in [6.45, 7) is 32.1. The zero-order chi connectivity index (χ0) is 34.3. The van der Waals surface area contributed by atoms with Gasteiger partial charge in [-0.1, -0.05) is 13.8 Å². The number of hydrogen-bond acceptors (Lipinski definition) is 8. The molecule has 2 unspecified atom stereocenters. The van der Waals surface area contributed by atoms with E-state index in [0.29, 0.717) is 26.0 Å². The molecule has 0 bridgehead atoms. The van der Waals surface area contributed by atoms with E-state index in [1.54, 1.807) is 0 Å². The molecule has 250 valence electrons. The highest BCUT2D eigenvalue weighted by Crippen LogP contribution is 2.57. The predicted molar refractivity (Wildman–Crippen MR) is 179 cm³/mol. The van der Waals surface area contributed by atoms with Gasteiger partial charge in [0.2, 0.25) is 13.1 Å². The van der Waals surface area contributed by atoms with E-state index in [1.165, 1.54) is 0 Å². The average Bonchev–Trinajstić information content (AvgIpc) is 3.47. The van der Waals surface area contributed by atoms with Gasteiger partial charge in [0.1, 0.15) is 13.2 Å². The topological polar surface area (TPSA) is 70.6 Å². The highest BCUT2D eigenvalue weighted by Gasteiger charge is 2.40. The Morgan fingerprint density at radius 1 is 0.860 bits per heavy atom. The van der Waals surface area contributed by atoms with Crippen molar-refractivity contribution in [2.45, 2.75) is 144 Å². The fourth-order valence-corrected chi connectivity index (χ4v) is 10.8. The van der Waals surface area contributed by atoms with Crippen LogP contribution in [0.5, 0.6) is 0 Å². The Kier molecular flexibility index (Phi) is 18.6. The van der Waals surface area contributed by atoms with Crippen LogP contribution in [0.1, 0.15) is 97.7 Å². The lowest BCUT2D eigenvalue weighted by molar-refractivity contribution is 0.0402. The Morgan fingerprint density at radius 2 is 1.35 bits per heavy atom. The first-order valence-corrected chi connectivity index (χ1v) is 19.3. The number of ether oxygens (including phenoxy) is 2. The van der Waals surface area contributed by atoms with Crippen LogP contribution in [-0.2, 0) is 39.4 Å². The first-order chi connectivity index (χ1) is 21.1. The smallest absolute Gasteiger partial charge is 0.265 e. The molecule has 2 rings (SSSR count). The number of hydrogen-bond donors (Lipinski definition) is 0. The minimum Gasteiger partial charge on any atom is -0.375 e. The third kappa shape index (κ3) is 13.6. The summed E-state index contributed by atoms with van der Waals surface area (Å²) in [5.74, 6) is 0. The third-order valence-corrected chi connectivity index (χ3v) is 12.6. The third-order valence-electron chi connectivity index (χ3n) is 6.78. The quantitative estimate of drug-likeness (QED) is 0.0830. The zero-order valence-corrected chi connectivity index (χ0v) is 30.6. The maximum absolute atomic E-state index is 7.83. The van der Waals surface area contributed by atoms with Crippen LogP contribution in [0.2, 0.25) is 0 Å². The molecule has 0 spiro atoms. The second kappa shape index (κ2) is 21.5. The largest absolute Gasteiger partial charge is 0.375 e. The molecule has 2 aliphatic rings. The van der Waals surface area contributed by atoms with E-state index >= 15 is 0 Å². The lowest BCUT2D eigenvalue weighted by Crippen LogP contribution is -2.37. The molecule has 10 nitrogen and oxygen atoms in total. The summed E-state index contributed by atoms with van der Waals surface area (Å²) in [4.78, 5) is 6.67. The van der Waals surface area contributed by atoms with E-state index < -0.39 is 28.3 Å². The van der Waals surface area contributed by atoms with Crippen molar-refractivity contribution in [3.63, 3.8) is 0 Å². The van der Waals surface area contributed by atoms with Gasteiger partial charge >= 0.3 is 0 Å². The van der Waals surface area contributed by atoms with Gasteiger partial charge in [0.05, 0.1) is 27.2 Å². The summed E-state index contributed by atoms with van der Waals surface area (Å²) in [5.41, 5.74) is 0. The molecular weight excluding hydrogens is 606 g/mol. The molecule has 0 aliphatic carbocycles. The van der Waals surface area contributed by atoms with Gasteiger partial charge in [0.25, 0.3) is 15.2 Å². The highest BCUT2D eigenvalue weighted by atomic mass is 32.5. The molecule has 2 heterocycles. The number of rotatable bonds is 18. The number of nitrogens with zero attached hydrogens (tertiary/aromatic N) is 4. The van der Waals surface area contributed by atoms with Crippen molar-refractivity contribution in [1.82, 2.24) is 9.34 Å². The van der Waals surface area contributed by atoms with Gasteiger partial charge in [-0.05, 0) is 92.9 Å². The minimum absolute atomic E-state index is 0.0434. The summed E-state index contributed by atoms with van der Waals surface area (Å²) in [6, 6.07) is 0.910. The van der Waals surface area contributed by atoms with Crippen molar-refractivity contribution in [3.8, 4) is 0 Å². The fraction of sp³-hybridized carbons (Fsp3) is 0.933. The van der Waals surface area contributed by atoms with Gasteiger partial charge in [0.15, 0.2) is 0 Å². The average molecular weight is 669 g/mol. The first-order valence-electron chi connectivity index (χ1n) is 16.7. The van der Waals surface area contributed by atoms with Crippen molar-refractivity contribution in [2.75, 3.05) is 39.5 Å². The predicted octanol–water partition coefficient (Wildman–Crippen LogP) is 7.70. The highest BCUT2D eigenvalue weighted by molar-refractivity contribution is 8.08. The van der Waals surface area contributed by atoms with Crippen LogP contribution in [0.4, 0.5) is 0 Å². The normalized spacial score (nSPS) is 28.5. The summed E-state index contributed by atoms with van der Waals surface area (Å²) in [7, 11) is -1.25. The Labute approximate surface area is 272 Å². The monoisotopic (exact) mass is 668 g/mol. The van der Waals surface area contributed by atoms with E-state index in [0.717, 1.165) is 12.8 Å². The first kappa shape index (κ1) is 37.2. The van der Waals surface area contributed by atoms with Crippen molar-refractivity contribution >= 4 is 27.0 Å². The lowest BCUT2D eigenvalue weighted by Gasteiger charge is -2.40. The summed E-state index contributed by atoms with van der Waals surface area (Å²) in [5, 5.41) is 0. The van der Waals surface area contributed by atoms with E-state index in [-0.39, 0.29) is 61.7 Å². The fourth-order valence-electron chi connectivity index (χ4n) is 5.06. The molecule has 2 aliphatic heterocycles. The molecule has 43 heavy (non-hydrogen) atoms. The van der Waals surface area contributed by atoms with E-state index in [1.807, 2.05) is 13.8 Å². The maximum Gasteiger partial charge on any atom is 0.265 e. The Morgan fingerprint density at radius 3 is 1.81 bits per heavy atom. The molecule has 0 amide bonds. The molecule has 0 aromatic carbocycles. The van der Waals surface area contributed by atoms with Gasteiger partial charge in [-0.25, -0.2) is 22.5 Å². The zero-order valence-electron chi connectivity index (χ0n) is 30.0. The SMILES string of the molecule is [3H][C@H]1C[C@@H](OP(=S)(OCC[N+]#[C-])N(C(C)C)C(C)C)[C@@H](CC)O1.[3H][C@H]1C[C@@H](OP(OCC[N+]#[C-])N(C(C)C)C(C)C)[C@@H](CC)O1. The van der Waals surface area contributed by atoms with Gasteiger partial charge in [-0.15, -0.1) is 0 Å². The van der Waals surface area contributed by atoms with Crippen LogP contribution in [0.3, 0.4) is 0 Å². The molecular formula is C30H58N4O6P2S. The molecule has 0 N–H and O–H groups in total. The van der Waals surface area contributed by atoms with Crippen LogP contribution >= 0.6 is 15.2 Å². The van der Waals surface area contributed by atoms with Crippen molar-refractivity contribution < 1.29 is 30.3 Å². The van der Waals surface area contributed by atoms with Crippen LogP contribution in [0.15, 0.2) is 0 Å². The minimum atomic E-state index is -2.74. The Balaban J connectivity index is 0.000000450. The van der Waals surface area contributed by atoms with Gasteiger partial charge in [-0.3, -0.25) is 0 Å². The standard InChI is InChI=1S/C15H29N2O3PS.C15H29N2O3P/c1-7-14-15(8-10-18-14)20-21(22,19-11-9-16-6)17(12(2)3)13(4)5;1-7-14-15(8-10-18-14)20-21(19-11-9-16-6)17(12(2)3)13(4)5/h12-15H,7-11H2,1-5H3;12-15H,7-11H2,1-5H3/t2*14-,15-,21?/m11/s1/i2*10T/t2*10-,14+,15+,21?/m00. The second-order valence-electron chi connectivity index (χ2n) is 11.5. The lowest BCUT2D eigenvalue weighted by atomic mass is 10.1. The van der Waals surface area contributed by atoms with Gasteiger partial charge in [-0.2, -0.15) is 0 Å². The van der Waals surface area contributed by atoms with E-state index in [2.05, 4.69) is 74.4 Å². The molecule has 8 atom stereocenters. The second-order valence-corrected chi connectivity index (χ2v) is 16.2. The van der Waals surface area contributed by atoms with Gasteiger partial charge in [0, 0.05) is 37.3 Å².